The Labute approximate surface area is 341 Å². The minimum atomic E-state index is -0.766. The fourth-order valence-corrected chi connectivity index (χ4v) is 8.30. The number of rotatable bonds is 21. The predicted octanol–water partition coefficient (Wildman–Crippen LogP) is 5.47. The molecule has 0 saturated carbocycles. The summed E-state index contributed by atoms with van der Waals surface area (Å²) in [6.07, 6.45) is 1.27. The van der Waals surface area contributed by atoms with E-state index in [0.717, 1.165) is 18.4 Å². The quantitative estimate of drug-likeness (QED) is 0.168. The first-order valence-corrected chi connectivity index (χ1v) is 20.6. The van der Waals surface area contributed by atoms with Gasteiger partial charge in [0.05, 0.1) is 48.7 Å². The minimum absolute atomic E-state index is 0. The molecule has 9 atom stereocenters. The van der Waals surface area contributed by atoms with Crippen LogP contribution in [0.5, 0.6) is 0 Å². The fraction of sp³-hybridized carbons (Fsp3) is 0.750. The smallest absolute Gasteiger partial charge is 0.245 e. The maximum atomic E-state index is 14.3. The van der Waals surface area contributed by atoms with Crippen molar-refractivity contribution < 1.29 is 36.3 Å². The summed E-state index contributed by atoms with van der Waals surface area (Å²) in [7, 11) is 8.57. The van der Waals surface area contributed by atoms with Gasteiger partial charge >= 0.3 is 0 Å². The molecule has 0 bridgehead atoms. The molecule has 2 rings (SSSR count). The van der Waals surface area contributed by atoms with E-state index in [2.05, 4.69) is 10.6 Å². The summed E-state index contributed by atoms with van der Waals surface area (Å²) < 4.78 is 12.0. The standard InChI is InChI=1S/C44H75N5O7.2H2/c1-16-29(6)38(48(13)43(54)36(27(2)3)46-42(53)37(28(4)5)47(11)12)34(55-14)26-35(50)49-24-20-23-33(49)39(56-15)30(7)41(52)45-32(40(51)44(8,9)10)25-31-21-18-17-19-22-31;;/h17-19,21-22,27-30,32-34,36-39H,16,20,23-26H2,1-15H3,(H,45,52)(H,46,53);2*1H/t29-,30+,32-,33?,34+,36?,37?,38?,39+;;/m0../s1. The maximum absolute atomic E-state index is 14.3. The Morgan fingerprint density at radius 1 is 0.893 bits per heavy atom. The first-order chi connectivity index (χ1) is 26.1. The molecule has 1 heterocycles. The monoisotopic (exact) mass is 790 g/mol. The number of nitrogens with zero attached hydrogens (tertiary/aromatic N) is 3. The molecule has 0 aromatic heterocycles. The van der Waals surface area contributed by atoms with E-state index >= 15 is 0 Å². The molecule has 4 unspecified atom stereocenters. The second-order valence-corrected chi connectivity index (χ2v) is 17.8. The number of carbonyl (C=O) groups excluding carboxylic acids is 5. The summed E-state index contributed by atoms with van der Waals surface area (Å²) in [5.74, 6) is -1.78. The number of ether oxygens (including phenoxy) is 2. The molecule has 1 aliphatic rings. The Kier molecular flexibility index (Phi) is 19.1. The van der Waals surface area contributed by atoms with E-state index in [0.29, 0.717) is 19.4 Å². The topological polar surface area (TPSA) is 138 Å². The van der Waals surface area contributed by atoms with Crippen LogP contribution in [0.2, 0.25) is 0 Å². The Morgan fingerprint density at radius 3 is 1.98 bits per heavy atom. The van der Waals surface area contributed by atoms with E-state index in [4.69, 9.17) is 9.47 Å². The number of likely N-dealkylation sites (tertiary alicyclic amines) is 1. The van der Waals surface area contributed by atoms with Crippen molar-refractivity contribution in [2.24, 2.45) is 29.1 Å². The first kappa shape index (κ1) is 48.8. The molecule has 0 aliphatic carbocycles. The first-order valence-electron chi connectivity index (χ1n) is 20.6. The molecule has 1 aliphatic heterocycles. The lowest BCUT2D eigenvalue weighted by molar-refractivity contribution is -0.148. The van der Waals surface area contributed by atoms with Gasteiger partial charge in [0.2, 0.25) is 23.6 Å². The van der Waals surface area contributed by atoms with Crippen LogP contribution < -0.4 is 10.6 Å². The third kappa shape index (κ3) is 12.8. The lowest BCUT2D eigenvalue weighted by Crippen LogP contribution is -2.59. The van der Waals surface area contributed by atoms with E-state index in [-0.39, 0.29) is 62.5 Å². The van der Waals surface area contributed by atoms with Gasteiger partial charge in [-0.1, -0.05) is 106 Å². The average molecular weight is 790 g/mol. The molecule has 1 aromatic carbocycles. The van der Waals surface area contributed by atoms with Crippen molar-refractivity contribution in [1.29, 1.82) is 0 Å². The zero-order valence-corrected chi connectivity index (χ0v) is 37.2. The molecule has 12 heteroatoms. The number of ketones is 1. The van der Waals surface area contributed by atoms with Crippen molar-refractivity contribution in [3.05, 3.63) is 35.9 Å². The van der Waals surface area contributed by atoms with Gasteiger partial charge in [0.15, 0.2) is 5.78 Å². The summed E-state index contributed by atoms with van der Waals surface area (Å²) in [6.45, 7) is 19.7. The van der Waals surface area contributed by atoms with E-state index in [1.54, 1.807) is 38.0 Å². The molecular weight excluding hydrogens is 711 g/mol. The van der Waals surface area contributed by atoms with Gasteiger partial charge in [-0.05, 0) is 56.7 Å². The van der Waals surface area contributed by atoms with Crippen molar-refractivity contribution in [2.75, 3.05) is 41.9 Å². The number of methoxy groups -OCH3 is 2. The van der Waals surface area contributed by atoms with E-state index in [9.17, 15) is 24.0 Å². The van der Waals surface area contributed by atoms with E-state index in [1.807, 2.05) is 112 Å². The summed E-state index contributed by atoms with van der Waals surface area (Å²) in [5, 5.41) is 6.08. The van der Waals surface area contributed by atoms with Crippen LogP contribution in [0.4, 0.5) is 0 Å². The van der Waals surface area contributed by atoms with E-state index in [1.165, 1.54) is 0 Å². The third-order valence-electron chi connectivity index (χ3n) is 11.6. The molecule has 0 radical (unpaired) electrons. The Hall–Kier alpha value is -3.35. The second kappa shape index (κ2) is 22.0. The number of benzene rings is 1. The highest BCUT2D eigenvalue weighted by molar-refractivity contribution is 5.93. The lowest BCUT2D eigenvalue weighted by atomic mass is 9.83. The molecule has 0 spiro atoms. The van der Waals surface area contributed by atoms with Crippen molar-refractivity contribution in [1.82, 2.24) is 25.3 Å². The molecule has 322 valence electrons. The molecule has 4 amide bonds. The van der Waals surface area contributed by atoms with Gasteiger partial charge in [0, 0.05) is 36.1 Å². The highest BCUT2D eigenvalue weighted by Gasteiger charge is 2.44. The Morgan fingerprint density at radius 2 is 1.50 bits per heavy atom. The molecular formula is C44H79N5O7. The van der Waals surface area contributed by atoms with Crippen LogP contribution in [0, 0.1) is 29.1 Å². The zero-order chi connectivity index (χ0) is 42.7. The van der Waals surface area contributed by atoms with Crippen LogP contribution in [0.1, 0.15) is 103 Å². The van der Waals surface area contributed by atoms with Gasteiger partial charge in [0.1, 0.15) is 6.04 Å². The largest absolute Gasteiger partial charge is 0.379 e. The predicted molar refractivity (Wildman–Crippen MR) is 226 cm³/mol. The van der Waals surface area contributed by atoms with Crippen molar-refractivity contribution in [3.8, 4) is 0 Å². The molecule has 56 heavy (non-hydrogen) atoms. The van der Waals surface area contributed by atoms with Gasteiger partial charge in [-0.15, -0.1) is 0 Å². The lowest BCUT2D eigenvalue weighted by Gasteiger charge is -2.41. The fourth-order valence-electron chi connectivity index (χ4n) is 8.30. The van der Waals surface area contributed by atoms with Crippen LogP contribution in [0.25, 0.3) is 0 Å². The van der Waals surface area contributed by atoms with E-state index < -0.39 is 47.7 Å². The average Bonchev–Trinajstić information content (AvgIpc) is 3.62. The number of hydrogen-bond acceptors (Lipinski definition) is 8. The maximum Gasteiger partial charge on any atom is 0.245 e. The van der Waals surface area contributed by atoms with Crippen LogP contribution in [0.3, 0.4) is 0 Å². The summed E-state index contributed by atoms with van der Waals surface area (Å²) in [6, 6.07) is 6.91. The summed E-state index contributed by atoms with van der Waals surface area (Å²) in [5.41, 5.74) is 0.282. The van der Waals surface area contributed by atoms with Crippen LogP contribution in [0.15, 0.2) is 30.3 Å². The van der Waals surface area contributed by atoms with Gasteiger partial charge in [0.25, 0.3) is 0 Å². The molecule has 12 nitrogen and oxygen atoms in total. The van der Waals surface area contributed by atoms with Gasteiger partial charge in [-0.3, -0.25) is 28.9 Å². The second-order valence-electron chi connectivity index (χ2n) is 17.8. The molecule has 2 N–H and O–H groups in total. The number of hydrogen-bond donors (Lipinski definition) is 2. The Bertz CT molecular complexity index is 1430. The normalized spacial score (nSPS) is 19.2. The zero-order valence-electron chi connectivity index (χ0n) is 37.2. The van der Waals surface area contributed by atoms with Crippen LogP contribution in [-0.4, -0.2) is 128 Å². The van der Waals surface area contributed by atoms with Gasteiger partial charge in [-0.2, -0.15) is 0 Å². The highest BCUT2D eigenvalue weighted by atomic mass is 16.5. The third-order valence-corrected chi connectivity index (χ3v) is 11.6. The van der Waals surface area contributed by atoms with Crippen molar-refractivity contribution in [3.63, 3.8) is 0 Å². The highest BCUT2D eigenvalue weighted by Crippen LogP contribution is 2.30. The van der Waals surface area contributed by atoms with Crippen LogP contribution >= 0.6 is 0 Å². The number of carbonyl (C=O) groups is 5. The van der Waals surface area contributed by atoms with Gasteiger partial charge < -0.3 is 29.9 Å². The van der Waals surface area contributed by atoms with Gasteiger partial charge in [-0.25, -0.2) is 0 Å². The Balaban J connectivity index is 0.0000162. The number of amides is 4. The van der Waals surface area contributed by atoms with Crippen molar-refractivity contribution in [2.45, 2.75) is 144 Å². The molecule has 1 fully saturated rings. The molecule has 1 aromatic rings. The molecule has 1 saturated heterocycles. The SMILES string of the molecule is CC[C@H](C)C([C@@H](CC(=O)N1CCCC1[C@H](OC)[C@@H](C)C(=O)N[C@@H](Cc1ccccc1)C(=O)C(C)(C)C)OC)N(C)C(=O)C(NC(=O)C(C(C)C)N(C)C)C(C)C.[HH].[HH]. The van der Waals surface area contributed by atoms with Crippen molar-refractivity contribution >= 4 is 29.4 Å². The summed E-state index contributed by atoms with van der Waals surface area (Å²) in [4.78, 5) is 74.8. The summed E-state index contributed by atoms with van der Waals surface area (Å²) >= 11 is 0. The number of Topliss-reactive ketones (excluding diaryl/α,β-unsaturated/α-hetero) is 1. The minimum Gasteiger partial charge on any atom is -0.379 e. The van der Waals surface area contributed by atoms with Crippen LogP contribution in [-0.2, 0) is 39.9 Å². The number of likely N-dealkylation sites (N-methyl/N-ethyl adjacent to an activating group) is 2. The number of nitrogens with one attached hydrogen (secondary N) is 2.